The first-order valence-corrected chi connectivity index (χ1v) is 12.9. The molecule has 0 aromatic rings. The Bertz CT molecular complexity index is 958. The summed E-state index contributed by atoms with van der Waals surface area (Å²) in [7, 11) is 0. The Morgan fingerprint density at radius 3 is 2.78 bits per heavy atom. The number of rotatable bonds is 12. The van der Waals surface area contributed by atoms with Crippen LogP contribution in [0.3, 0.4) is 0 Å². The maximum Gasteiger partial charge on any atom is 0.572 e. The van der Waals surface area contributed by atoms with Gasteiger partial charge in [-0.15, -0.1) is 19.8 Å². The van der Waals surface area contributed by atoms with E-state index in [0.29, 0.717) is 44.6 Å². The molecule has 0 saturated carbocycles. The molecule has 0 radical (unpaired) electrons. The lowest BCUT2D eigenvalue weighted by molar-refractivity contribution is -0.306. The van der Waals surface area contributed by atoms with Gasteiger partial charge in [0, 0.05) is 25.1 Å². The summed E-state index contributed by atoms with van der Waals surface area (Å²) in [5.41, 5.74) is 7.58. The monoisotopic (exact) mass is 519 g/mol. The number of ether oxygens (including phenoxy) is 1. The van der Waals surface area contributed by atoms with E-state index in [1.165, 1.54) is 11.6 Å². The summed E-state index contributed by atoms with van der Waals surface area (Å²) in [6.07, 6.45) is 15.8. The van der Waals surface area contributed by atoms with Gasteiger partial charge in [0.1, 0.15) is 5.76 Å². The van der Waals surface area contributed by atoms with Crippen molar-refractivity contribution in [3.63, 3.8) is 0 Å². The van der Waals surface area contributed by atoms with Crippen molar-refractivity contribution in [3.05, 3.63) is 83.5 Å². The van der Waals surface area contributed by atoms with Crippen molar-refractivity contribution in [2.75, 3.05) is 6.54 Å². The van der Waals surface area contributed by atoms with Crippen molar-refractivity contribution in [1.82, 2.24) is 15.8 Å². The molecule has 2 N–H and O–H groups in total. The van der Waals surface area contributed by atoms with E-state index in [4.69, 9.17) is 0 Å². The topological polar surface area (TPSA) is 53.6 Å². The standard InChI is InChI=1S/C29H40F3N3O2/c1-5-7-11-24(14-16-28(9-6-2)37-29(30,31)32)18-27-19-25(33-21-36)20-34-35(27)26-12-8-10-22(3)17-23(4)13-15-26/h5,10-13,15-16,19,21,23,25,34H,1,6-9,14,17-18,20H2,2-4H3,(H,33,36)/b15-13?,22-10-,24-11+,26-12+,28-16+. The third kappa shape index (κ3) is 11.3. The van der Waals surface area contributed by atoms with Gasteiger partial charge in [0.25, 0.3) is 0 Å². The summed E-state index contributed by atoms with van der Waals surface area (Å²) in [6, 6.07) is -0.203. The molecule has 0 aromatic carbocycles. The number of hydrogen-bond acceptors (Lipinski definition) is 4. The van der Waals surface area contributed by atoms with Gasteiger partial charge in [0.2, 0.25) is 6.41 Å². The molecular formula is C29H40F3N3O2. The second-order valence-electron chi connectivity index (χ2n) is 9.44. The molecule has 1 amide bonds. The third-order valence-corrected chi connectivity index (χ3v) is 6.04. The van der Waals surface area contributed by atoms with Gasteiger partial charge >= 0.3 is 6.36 Å². The zero-order chi connectivity index (χ0) is 27.3. The van der Waals surface area contributed by atoms with Crippen LogP contribution in [-0.2, 0) is 9.53 Å². The highest BCUT2D eigenvalue weighted by atomic mass is 19.4. The van der Waals surface area contributed by atoms with E-state index in [9.17, 15) is 18.0 Å². The molecule has 1 heterocycles. The molecule has 0 aromatic heterocycles. The van der Waals surface area contributed by atoms with Crippen molar-refractivity contribution in [2.24, 2.45) is 5.92 Å². The predicted molar refractivity (Wildman–Crippen MR) is 143 cm³/mol. The van der Waals surface area contributed by atoms with Crippen LogP contribution in [0.2, 0.25) is 0 Å². The molecule has 8 heteroatoms. The lowest BCUT2D eigenvalue weighted by atomic mass is 10.0. The molecule has 204 valence electrons. The Hall–Kier alpha value is -3.00. The van der Waals surface area contributed by atoms with Crippen LogP contribution in [0.15, 0.2) is 83.5 Å². The number of allylic oxidation sites excluding steroid dienone is 10. The van der Waals surface area contributed by atoms with E-state index in [-0.39, 0.29) is 18.2 Å². The quantitative estimate of drug-likeness (QED) is 0.164. The van der Waals surface area contributed by atoms with Gasteiger partial charge in [-0.25, -0.2) is 5.43 Å². The summed E-state index contributed by atoms with van der Waals surface area (Å²) in [6.45, 7) is 10.4. The Labute approximate surface area is 219 Å². The minimum Gasteiger partial charge on any atom is -0.411 e. The van der Waals surface area contributed by atoms with Gasteiger partial charge in [0.05, 0.1) is 11.7 Å². The second kappa shape index (κ2) is 15.3. The highest BCUT2D eigenvalue weighted by Gasteiger charge is 2.31. The fourth-order valence-corrected chi connectivity index (χ4v) is 4.33. The third-order valence-electron chi connectivity index (χ3n) is 6.04. The number of nitrogens with zero attached hydrogens (tertiary/aromatic N) is 1. The molecule has 1 aliphatic heterocycles. The first kappa shape index (κ1) is 30.2. The number of amides is 1. The number of halogens is 3. The molecule has 0 fully saturated rings. The molecule has 2 rings (SSSR count). The highest BCUT2D eigenvalue weighted by Crippen LogP contribution is 2.28. The minimum absolute atomic E-state index is 0.0781. The number of carbonyl (C=O) groups is 1. The molecule has 0 bridgehead atoms. The number of alkyl halides is 3. The van der Waals surface area contributed by atoms with E-state index >= 15 is 0 Å². The van der Waals surface area contributed by atoms with Gasteiger partial charge < -0.3 is 10.1 Å². The minimum atomic E-state index is -4.72. The van der Waals surface area contributed by atoms with E-state index in [1.807, 2.05) is 24.1 Å². The van der Waals surface area contributed by atoms with E-state index in [0.717, 1.165) is 29.8 Å². The van der Waals surface area contributed by atoms with Gasteiger partial charge in [-0.3, -0.25) is 9.80 Å². The summed E-state index contributed by atoms with van der Waals surface area (Å²) in [5.74, 6) is 0.309. The Morgan fingerprint density at radius 2 is 2.11 bits per heavy atom. The number of carbonyl (C=O) groups excluding carboxylic acids is 1. The molecule has 1 aliphatic carbocycles. The number of hydrogen-bond donors (Lipinski definition) is 2. The molecule has 0 spiro atoms. The van der Waals surface area contributed by atoms with E-state index in [2.05, 4.69) is 60.2 Å². The van der Waals surface area contributed by atoms with Crippen LogP contribution in [-0.4, -0.2) is 30.4 Å². The zero-order valence-electron chi connectivity index (χ0n) is 22.1. The van der Waals surface area contributed by atoms with Crippen LogP contribution < -0.4 is 10.7 Å². The van der Waals surface area contributed by atoms with E-state index < -0.39 is 6.36 Å². The van der Waals surface area contributed by atoms with E-state index in [1.54, 1.807) is 6.08 Å². The normalized spacial score (nSPS) is 24.5. The summed E-state index contributed by atoms with van der Waals surface area (Å²) < 4.78 is 42.9. The molecule has 37 heavy (non-hydrogen) atoms. The molecule has 2 atom stereocenters. The fraction of sp³-hybridized carbons (Fsp3) is 0.483. The molecule has 5 nitrogen and oxygen atoms in total. The Kier molecular flexibility index (Phi) is 12.5. The predicted octanol–water partition coefficient (Wildman–Crippen LogP) is 7.12. The average Bonchev–Trinajstić information content (AvgIpc) is 2.90. The first-order chi connectivity index (χ1) is 17.6. The lowest BCUT2D eigenvalue weighted by Crippen LogP contribution is -2.49. The lowest BCUT2D eigenvalue weighted by Gasteiger charge is -2.36. The number of nitrogens with one attached hydrogen (secondary N) is 2. The van der Waals surface area contributed by atoms with Gasteiger partial charge in [0.15, 0.2) is 0 Å². The highest BCUT2D eigenvalue weighted by molar-refractivity contribution is 5.48. The molecular weight excluding hydrogens is 479 g/mol. The zero-order valence-corrected chi connectivity index (χ0v) is 22.1. The van der Waals surface area contributed by atoms with Crippen LogP contribution in [0.4, 0.5) is 13.2 Å². The van der Waals surface area contributed by atoms with Crippen LogP contribution >= 0.6 is 0 Å². The fourth-order valence-electron chi connectivity index (χ4n) is 4.33. The second-order valence-corrected chi connectivity index (χ2v) is 9.44. The van der Waals surface area contributed by atoms with Gasteiger partial charge in [-0.2, -0.15) is 0 Å². The number of hydrazine groups is 1. The maximum absolute atomic E-state index is 12.9. The van der Waals surface area contributed by atoms with Crippen LogP contribution in [0, 0.1) is 5.92 Å². The van der Waals surface area contributed by atoms with Crippen LogP contribution in [0.5, 0.6) is 0 Å². The molecule has 2 aliphatic rings. The smallest absolute Gasteiger partial charge is 0.411 e. The van der Waals surface area contributed by atoms with Crippen molar-refractivity contribution in [3.8, 4) is 0 Å². The van der Waals surface area contributed by atoms with Crippen LogP contribution in [0.25, 0.3) is 0 Å². The maximum atomic E-state index is 12.9. The molecule has 2 unspecified atom stereocenters. The van der Waals surface area contributed by atoms with Crippen molar-refractivity contribution < 1.29 is 22.7 Å². The summed E-state index contributed by atoms with van der Waals surface area (Å²) in [4.78, 5) is 11.1. The first-order valence-electron chi connectivity index (χ1n) is 12.9. The van der Waals surface area contributed by atoms with Crippen molar-refractivity contribution in [1.29, 1.82) is 0 Å². The van der Waals surface area contributed by atoms with Crippen molar-refractivity contribution in [2.45, 2.75) is 78.1 Å². The Morgan fingerprint density at radius 1 is 1.32 bits per heavy atom. The largest absolute Gasteiger partial charge is 0.572 e. The van der Waals surface area contributed by atoms with Gasteiger partial charge in [-0.05, 0) is 63.2 Å². The Balaban J connectivity index is 2.38. The van der Waals surface area contributed by atoms with Crippen LogP contribution in [0.1, 0.15) is 65.7 Å². The summed E-state index contributed by atoms with van der Waals surface area (Å²) in [5, 5.41) is 4.83. The molecule has 0 saturated heterocycles. The summed E-state index contributed by atoms with van der Waals surface area (Å²) >= 11 is 0. The SMILES string of the molecule is C=CC/C=C(\C/C=C(\CCC)OC(F)(F)F)CC1=CC(NC=O)CNN1/C1=C/C/C=C(/C)CC(C)C=C1. The van der Waals surface area contributed by atoms with Gasteiger partial charge in [-0.1, -0.05) is 55.4 Å². The average molecular weight is 520 g/mol. The van der Waals surface area contributed by atoms with Crippen molar-refractivity contribution >= 4 is 6.41 Å².